The molecule has 0 saturated heterocycles. The van der Waals surface area contributed by atoms with E-state index in [1.807, 2.05) is 78.9 Å². The fourth-order valence-electron chi connectivity index (χ4n) is 5.51. The Kier molecular flexibility index (Phi) is 6.17. The summed E-state index contributed by atoms with van der Waals surface area (Å²) in [5.41, 5.74) is 0.975. The van der Waals surface area contributed by atoms with Crippen LogP contribution < -0.4 is 4.74 Å². The summed E-state index contributed by atoms with van der Waals surface area (Å²) in [7, 11) is 0. The number of rotatable bonds is 6. The molecule has 1 fully saturated rings. The number of carbonyl (C=O) groups is 2. The van der Waals surface area contributed by atoms with Crippen LogP contribution in [0.1, 0.15) is 24.3 Å². The predicted molar refractivity (Wildman–Crippen MR) is 130 cm³/mol. The number of carbonyl (C=O) groups excluding carboxylic acids is 1. The molecule has 1 N–H and O–H groups in total. The highest BCUT2D eigenvalue weighted by Crippen LogP contribution is 2.55. The molecule has 5 nitrogen and oxygen atoms in total. The van der Waals surface area contributed by atoms with Gasteiger partial charge in [-0.3, -0.25) is 4.79 Å². The van der Waals surface area contributed by atoms with Gasteiger partial charge in [0.15, 0.2) is 0 Å². The molecule has 0 aliphatic heterocycles. The number of aliphatic carboxylic acids is 1. The lowest BCUT2D eigenvalue weighted by Crippen LogP contribution is -2.55. The Labute approximate surface area is 198 Å². The molecule has 0 radical (unpaired) electrons. The van der Waals surface area contributed by atoms with E-state index in [0.717, 1.165) is 22.8 Å². The van der Waals surface area contributed by atoms with Crippen LogP contribution in [0.3, 0.4) is 0 Å². The highest BCUT2D eigenvalue weighted by molar-refractivity contribution is 5.89. The number of hydrogen-bond acceptors (Lipinski definition) is 4. The zero-order chi connectivity index (χ0) is 23.5. The van der Waals surface area contributed by atoms with Crippen LogP contribution >= 0.6 is 0 Å². The molecule has 2 aliphatic carbocycles. The quantitative estimate of drug-likeness (QED) is 0.347. The van der Waals surface area contributed by atoms with E-state index >= 15 is 0 Å². The number of carboxylic acid groups (broad SMARTS) is 1. The van der Waals surface area contributed by atoms with Gasteiger partial charge in [0.05, 0.1) is 0 Å². The second kappa shape index (κ2) is 9.56. The predicted octanol–water partition coefficient (Wildman–Crippen LogP) is 6.36. The summed E-state index contributed by atoms with van der Waals surface area (Å²) in [5.74, 6) is -0.758. The molecule has 172 valence electrons. The van der Waals surface area contributed by atoms with Crippen molar-refractivity contribution in [3.63, 3.8) is 0 Å². The summed E-state index contributed by atoms with van der Waals surface area (Å²) in [6.07, 6.45) is 7.70. The van der Waals surface area contributed by atoms with E-state index in [4.69, 9.17) is 9.47 Å². The smallest absolute Gasteiger partial charge is 0.481 e. The monoisotopic (exact) mass is 454 g/mol. The fraction of sp³-hybridized carbons (Fsp3) is 0.241. The van der Waals surface area contributed by atoms with Crippen LogP contribution in [0, 0.1) is 17.8 Å². The Bertz CT molecular complexity index is 1240. The number of carboxylic acids is 1. The molecular weight excluding hydrogens is 428 g/mol. The summed E-state index contributed by atoms with van der Waals surface area (Å²) in [6.45, 7) is 0. The van der Waals surface area contributed by atoms with E-state index < -0.39 is 18.2 Å². The molecule has 0 spiro atoms. The van der Waals surface area contributed by atoms with Crippen LogP contribution in [-0.4, -0.2) is 23.3 Å². The molecule has 5 heteroatoms. The molecule has 5 atom stereocenters. The Morgan fingerprint density at radius 3 is 2.44 bits per heavy atom. The molecule has 0 heterocycles. The van der Waals surface area contributed by atoms with Crippen molar-refractivity contribution in [2.45, 2.75) is 24.9 Å². The number of ether oxygens (including phenoxy) is 2. The van der Waals surface area contributed by atoms with E-state index in [0.29, 0.717) is 5.75 Å². The zero-order valence-corrected chi connectivity index (χ0v) is 18.6. The Balaban J connectivity index is 1.43. The second-order valence-corrected chi connectivity index (χ2v) is 8.90. The summed E-state index contributed by atoms with van der Waals surface area (Å²) >= 11 is 0. The standard InChI is InChI=1S/C29H26O5/c30-25(31)18-23-26(20-11-3-1-4-12-20)28(27(23)21-13-5-2-6-14-21)34-29(32)33-24-17-9-15-19-10-7-8-16-22(19)24/h1-13,15-17,21,23,26-28H,14,18H2,(H,30,31)/t21?,23-,26+,27+,28?/m0/s1. The second-order valence-electron chi connectivity index (χ2n) is 8.90. The lowest BCUT2D eigenvalue weighted by molar-refractivity contribution is -0.146. The van der Waals surface area contributed by atoms with Gasteiger partial charge in [-0.15, -0.1) is 0 Å². The van der Waals surface area contributed by atoms with E-state index in [1.165, 1.54) is 0 Å². The minimum Gasteiger partial charge on any atom is -0.481 e. The van der Waals surface area contributed by atoms with Gasteiger partial charge in [0.1, 0.15) is 11.9 Å². The van der Waals surface area contributed by atoms with Crippen molar-refractivity contribution in [3.8, 4) is 5.75 Å². The lowest BCUT2D eigenvalue weighted by Gasteiger charge is -2.53. The molecule has 2 unspecified atom stereocenters. The van der Waals surface area contributed by atoms with Gasteiger partial charge in [0, 0.05) is 23.6 Å². The highest BCUT2D eigenvalue weighted by Gasteiger charge is 2.56. The van der Waals surface area contributed by atoms with Crippen molar-refractivity contribution in [1.29, 1.82) is 0 Å². The van der Waals surface area contributed by atoms with Crippen LogP contribution in [0.2, 0.25) is 0 Å². The van der Waals surface area contributed by atoms with Gasteiger partial charge >= 0.3 is 12.1 Å². The van der Waals surface area contributed by atoms with Crippen LogP contribution in [0.4, 0.5) is 4.79 Å². The maximum atomic E-state index is 13.0. The van der Waals surface area contributed by atoms with E-state index in [-0.39, 0.29) is 30.1 Å². The number of fused-ring (bicyclic) bond motifs is 1. The largest absolute Gasteiger partial charge is 0.514 e. The van der Waals surface area contributed by atoms with Crippen molar-refractivity contribution >= 4 is 22.9 Å². The molecule has 5 rings (SSSR count). The molecule has 0 bridgehead atoms. The van der Waals surface area contributed by atoms with Crippen molar-refractivity contribution in [1.82, 2.24) is 0 Å². The highest BCUT2D eigenvalue weighted by atomic mass is 16.7. The van der Waals surface area contributed by atoms with Gasteiger partial charge in [-0.1, -0.05) is 91.0 Å². The van der Waals surface area contributed by atoms with Gasteiger partial charge in [0.25, 0.3) is 0 Å². The third kappa shape index (κ3) is 4.34. The average molecular weight is 455 g/mol. The van der Waals surface area contributed by atoms with Gasteiger partial charge in [-0.05, 0) is 35.3 Å². The van der Waals surface area contributed by atoms with Gasteiger partial charge in [0.2, 0.25) is 0 Å². The number of allylic oxidation sites excluding steroid dienone is 4. The molecule has 0 amide bonds. The topological polar surface area (TPSA) is 72.8 Å². The summed E-state index contributed by atoms with van der Waals surface area (Å²) < 4.78 is 11.6. The van der Waals surface area contributed by atoms with Crippen molar-refractivity contribution in [3.05, 3.63) is 103 Å². The molecular formula is C29H26O5. The van der Waals surface area contributed by atoms with Gasteiger partial charge in [-0.25, -0.2) is 4.79 Å². The van der Waals surface area contributed by atoms with E-state index in [9.17, 15) is 14.7 Å². The van der Waals surface area contributed by atoms with Gasteiger partial charge in [-0.2, -0.15) is 0 Å². The minimum atomic E-state index is -0.844. The molecule has 2 aliphatic rings. The molecule has 0 aromatic heterocycles. The Hall–Kier alpha value is -3.86. The SMILES string of the molecule is O=C(O)C[C@@H]1[C@@H](C2C=CC=CC2)C(OC(=O)Oc2cccc3ccccc23)[C@@H]1c1ccccc1. The maximum Gasteiger partial charge on any atom is 0.514 e. The third-order valence-electron chi connectivity index (χ3n) is 6.97. The molecule has 3 aromatic carbocycles. The lowest BCUT2D eigenvalue weighted by atomic mass is 9.54. The molecule has 34 heavy (non-hydrogen) atoms. The minimum absolute atomic E-state index is 0.0243. The summed E-state index contributed by atoms with van der Waals surface area (Å²) in [5, 5.41) is 11.4. The normalized spacial score (nSPS) is 25.5. The summed E-state index contributed by atoms with van der Waals surface area (Å²) in [6, 6.07) is 23.0. The van der Waals surface area contributed by atoms with Crippen LogP contribution in [0.5, 0.6) is 5.75 Å². The summed E-state index contributed by atoms with van der Waals surface area (Å²) in [4.78, 5) is 24.7. The van der Waals surface area contributed by atoms with Crippen molar-refractivity contribution in [2.24, 2.45) is 17.8 Å². The third-order valence-corrected chi connectivity index (χ3v) is 6.97. The first-order chi connectivity index (χ1) is 16.6. The fourth-order valence-corrected chi connectivity index (χ4v) is 5.51. The van der Waals surface area contributed by atoms with Gasteiger partial charge < -0.3 is 14.6 Å². The Morgan fingerprint density at radius 2 is 1.68 bits per heavy atom. The van der Waals surface area contributed by atoms with Crippen molar-refractivity contribution < 1.29 is 24.2 Å². The first kappa shape index (κ1) is 22.0. The molecule has 1 saturated carbocycles. The first-order valence-corrected chi connectivity index (χ1v) is 11.6. The van der Waals surface area contributed by atoms with Crippen molar-refractivity contribution in [2.75, 3.05) is 0 Å². The number of hydrogen-bond donors (Lipinski definition) is 1. The van der Waals surface area contributed by atoms with E-state index in [1.54, 1.807) is 6.07 Å². The average Bonchev–Trinajstić information content (AvgIpc) is 2.85. The number of benzene rings is 3. The van der Waals surface area contributed by atoms with Crippen LogP contribution in [0.25, 0.3) is 10.8 Å². The molecule has 3 aromatic rings. The maximum absolute atomic E-state index is 13.0. The zero-order valence-electron chi connectivity index (χ0n) is 18.6. The Morgan fingerprint density at radius 1 is 0.912 bits per heavy atom. The first-order valence-electron chi connectivity index (χ1n) is 11.6. The van der Waals surface area contributed by atoms with E-state index in [2.05, 4.69) is 12.2 Å². The van der Waals surface area contributed by atoms with Crippen LogP contribution in [-0.2, 0) is 9.53 Å². The van der Waals surface area contributed by atoms with Crippen LogP contribution in [0.15, 0.2) is 97.1 Å².